The molecule has 27 heavy (non-hydrogen) atoms. The van der Waals surface area contributed by atoms with Crippen molar-refractivity contribution in [2.24, 2.45) is 34.5 Å². The smallest absolute Gasteiger partial charge is 0.308 e. The van der Waals surface area contributed by atoms with E-state index in [2.05, 4.69) is 27.4 Å². The topological polar surface area (TPSA) is 61.8 Å². The van der Waals surface area contributed by atoms with E-state index < -0.39 is 12.6 Å². The van der Waals surface area contributed by atoms with Gasteiger partial charge in [-0.05, 0) is 54.8 Å². The van der Waals surface area contributed by atoms with E-state index in [9.17, 15) is 9.59 Å². The van der Waals surface area contributed by atoms with Crippen LogP contribution in [0.25, 0.3) is 0 Å². The number of rotatable bonds is 2. The second-order valence-corrected chi connectivity index (χ2v) is 9.99. The maximum absolute atomic E-state index is 12.1. The Bertz CT molecular complexity index is 668. The summed E-state index contributed by atoms with van der Waals surface area (Å²) in [5.41, 5.74) is 1.56. The van der Waals surface area contributed by atoms with Gasteiger partial charge in [0.1, 0.15) is 0 Å². The van der Waals surface area contributed by atoms with Gasteiger partial charge in [-0.2, -0.15) is 0 Å². The summed E-state index contributed by atoms with van der Waals surface area (Å²) in [5, 5.41) is 0. The van der Waals surface area contributed by atoms with Crippen LogP contribution in [0.15, 0.2) is 12.2 Å². The minimum absolute atomic E-state index is 0.0419. The molecule has 2 saturated heterocycles. The minimum Gasteiger partial charge on any atom is -0.435 e. The first-order valence-corrected chi connectivity index (χ1v) is 10.3. The molecule has 2 aliphatic carbocycles. The van der Waals surface area contributed by atoms with E-state index >= 15 is 0 Å². The maximum Gasteiger partial charge on any atom is 0.308 e. The predicted octanol–water partition coefficient (Wildman–Crippen LogP) is 4.21. The van der Waals surface area contributed by atoms with E-state index in [1.54, 1.807) is 0 Å². The van der Waals surface area contributed by atoms with Gasteiger partial charge in [-0.3, -0.25) is 9.59 Å². The lowest BCUT2D eigenvalue weighted by Crippen LogP contribution is -2.47. The molecule has 2 heterocycles. The highest BCUT2D eigenvalue weighted by Gasteiger charge is 2.64. The fourth-order valence-electron chi connectivity index (χ4n) is 6.79. The van der Waals surface area contributed by atoms with Crippen LogP contribution in [0.4, 0.5) is 0 Å². The van der Waals surface area contributed by atoms with Gasteiger partial charge in [0.15, 0.2) is 0 Å². The molecular weight excluding hydrogens is 344 g/mol. The van der Waals surface area contributed by atoms with Crippen molar-refractivity contribution >= 4 is 11.9 Å². The average Bonchev–Trinajstić information content (AvgIpc) is 2.97. The van der Waals surface area contributed by atoms with Gasteiger partial charge < -0.3 is 14.2 Å². The van der Waals surface area contributed by atoms with Crippen LogP contribution in [0.1, 0.15) is 66.2 Å². The standard InChI is InChI=1S/C22H32O5/c1-12-7-6-9-21(3,4)15-8-10-22(5,17(12)15)18-14-11-16(24)26-20(18)27-19(14)25-13(2)23/h14-15,17-20H,1,6-11H2,2-5H3/t14-,15-,17-,18+,19-,20?,22-/m1/s1. The Balaban J connectivity index is 1.70. The molecule has 2 aliphatic heterocycles. The van der Waals surface area contributed by atoms with Crippen molar-refractivity contribution in [3.05, 3.63) is 12.2 Å². The van der Waals surface area contributed by atoms with Crippen LogP contribution >= 0.6 is 0 Å². The molecule has 7 atom stereocenters. The minimum atomic E-state index is -0.688. The highest BCUT2D eigenvalue weighted by Crippen LogP contribution is 2.65. The summed E-state index contributed by atoms with van der Waals surface area (Å²) in [4.78, 5) is 23.6. The Hall–Kier alpha value is -1.36. The number of ether oxygens (including phenoxy) is 3. The van der Waals surface area contributed by atoms with Crippen molar-refractivity contribution in [2.45, 2.75) is 78.8 Å². The van der Waals surface area contributed by atoms with Gasteiger partial charge in [0.05, 0.1) is 6.42 Å². The highest BCUT2D eigenvalue weighted by atomic mass is 16.8. The summed E-state index contributed by atoms with van der Waals surface area (Å²) in [7, 11) is 0. The fourth-order valence-corrected chi connectivity index (χ4v) is 6.79. The number of fused-ring (bicyclic) bond motifs is 3. The van der Waals surface area contributed by atoms with Gasteiger partial charge in [0.2, 0.25) is 12.6 Å². The molecule has 2 bridgehead atoms. The average molecular weight is 376 g/mol. The van der Waals surface area contributed by atoms with Crippen molar-refractivity contribution in [2.75, 3.05) is 0 Å². The SMILES string of the molecule is C=C1CCCC(C)(C)[C@@H]2CC[C@@](C)([C@@H]3C4OC(=O)C[C@H]3[C@H](OC(C)=O)O4)[C@H]12. The molecule has 4 fully saturated rings. The third-order valence-electron chi connectivity index (χ3n) is 7.94. The van der Waals surface area contributed by atoms with Crippen molar-refractivity contribution in [3.63, 3.8) is 0 Å². The van der Waals surface area contributed by atoms with E-state index in [-0.39, 0.29) is 41.0 Å². The summed E-state index contributed by atoms with van der Waals surface area (Å²) >= 11 is 0. The molecule has 0 radical (unpaired) electrons. The zero-order valence-electron chi connectivity index (χ0n) is 17.0. The molecule has 150 valence electrons. The molecule has 5 nitrogen and oxygen atoms in total. The summed E-state index contributed by atoms with van der Waals surface area (Å²) < 4.78 is 17.0. The number of carbonyl (C=O) groups is 2. The first kappa shape index (κ1) is 19.0. The van der Waals surface area contributed by atoms with Gasteiger partial charge in [-0.15, -0.1) is 0 Å². The van der Waals surface area contributed by atoms with Crippen molar-refractivity contribution in [1.29, 1.82) is 0 Å². The zero-order chi connectivity index (χ0) is 19.6. The number of hydrogen-bond donors (Lipinski definition) is 0. The van der Waals surface area contributed by atoms with E-state index in [0.717, 1.165) is 19.3 Å². The molecular formula is C22H32O5. The highest BCUT2D eigenvalue weighted by molar-refractivity contribution is 5.71. The number of hydrogen-bond acceptors (Lipinski definition) is 5. The first-order chi connectivity index (χ1) is 12.6. The Morgan fingerprint density at radius 3 is 2.70 bits per heavy atom. The monoisotopic (exact) mass is 376 g/mol. The molecule has 0 aromatic carbocycles. The third-order valence-corrected chi connectivity index (χ3v) is 7.94. The molecule has 0 aromatic heterocycles. The van der Waals surface area contributed by atoms with Gasteiger partial charge >= 0.3 is 11.9 Å². The first-order valence-electron chi connectivity index (χ1n) is 10.3. The zero-order valence-corrected chi connectivity index (χ0v) is 17.0. The quantitative estimate of drug-likeness (QED) is 0.534. The van der Waals surface area contributed by atoms with Crippen molar-refractivity contribution < 1.29 is 23.8 Å². The van der Waals surface area contributed by atoms with Gasteiger partial charge in [-0.1, -0.05) is 32.9 Å². The third kappa shape index (κ3) is 2.93. The van der Waals surface area contributed by atoms with Crippen molar-refractivity contribution in [3.8, 4) is 0 Å². The van der Waals surface area contributed by atoms with Crippen LogP contribution in [0, 0.1) is 34.5 Å². The van der Waals surface area contributed by atoms with E-state index in [4.69, 9.17) is 14.2 Å². The maximum atomic E-state index is 12.1. The molecule has 0 spiro atoms. The number of carbonyl (C=O) groups excluding carboxylic acids is 2. The second kappa shape index (κ2) is 6.33. The molecule has 0 amide bonds. The van der Waals surface area contributed by atoms with Crippen LogP contribution in [0.2, 0.25) is 0 Å². The number of allylic oxidation sites excluding steroid dienone is 1. The molecule has 5 heteroatoms. The van der Waals surface area contributed by atoms with Crippen LogP contribution in [0.3, 0.4) is 0 Å². The molecule has 0 N–H and O–H groups in total. The molecule has 2 saturated carbocycles. The van der Waals surface area contributed by atoms with E-state index in [1.807, 2.05) is 0 Å². The fraction of sp³-hybridized carbons (Fsp3) is 0.818. The summed E-state index contributed by atoms with van der Waals surface area (Å²) in [6.45, 7) is 13.0. The van der Waals surface area contributed by atoms with Gasteiger partial charge in [0, 0.05) is 18.8 Å². The Labute approximate surface area is 161 Å². The summed E-state index contributed by atoms with van der Waals surface area (Å²) in [6.07, 6.45) is 4.65. The van der Waals surface area contributed by atoms with Gasteiger partial charge in [-0.25, -0.2) is 0 Å². The Kier molecular flexibility index (Phi) is 4.45. The van der Waals surface area contributed by atoms with Gasteiger partial charge in [0.25, 0.3) is 0 Å². The molecule has 4 rings (SSSR count). The lowest BCUT2D eigenvalue weighted by Gasteiger charge is -2.46. The van der Waals surface area contributed by atoms with Crippen LogP contribution in [-0.4, -0.2) is 24.5 Å². The molecule has 0 aromatic rings. The lowest BCUT2D eigenvalue weighted by atomic mass is 9.59. The molecule has 4 aliphatic rings. The van der Waals surface area contributed by atoms with E-state index in [1.165, 1.54) is 25.3 Å². The molecule has 1 unspecified atom stereocenters. The van der Waals surface area contributed by atoms with Crippen LogP contribution in [0.5, 0.6) is 0 Å². The number of esters is 2. The van der Waals surface area contributed by atoms with Crippen LogP contribution in [-0.2, 0) is 23.8 Å². The largest absolute Gasteiger partial charge is 0.435 e. The lowest BCUT2D eigenvalue weighted by molar-refractivity contribution is -0.213. The summed E-state index contributed by atoms with van der Waals surface area (Å²) in [6, 6.07) is 0. The normalized spacial score (nSPS) is 45.8. The Morgan fingerprint density at radius 1 is 1.26 bits per heavy atom. The van der Waals surface area contributed by atoms with Crippen LogP contribution < -0.4 is 0 Å². The second-order valence-electron chi connectivity index (χ2n) is 9.99. The predicted molar refractivity (Wildman–Crippen MR) is 99.2 cm³/mol. The van der Waals surface area contributed by atoms with E-state index in [0.29, 0.717) is 11.8 Å². The summed E-state index contributed by atoms with van der Waals surface area (Å²) in [5.74, 6) is 0.244. The Morgan fingerprint density at radius 2 is 2.00 bits per heavy atom. The van der Waals surface area contributed by atoms with Crippen molar-refractivity contribution in [1.82, 2.24) is 0 Å².